The van der Waals surface area contributed by atoms with Gasteiger partial charge in [0.1, 0.15) is 5.75 Å². The SMILES string of the molecule is COC(=O)N1Cc2nnc(-c3cccnc3)n2C2(CCN(Cc3cccc(OC)c3)CC2)C1.O=C(O)C(F)(F)F.O=C(O)C(F)(F)F. The second-order valence-electron chi connectivity index (χ2n) is 10.3. The fraction of sp³-hybridized carbons (Fsp3) is 0.429. The van der Waals surface area contributed by atoms with Crippen LogP contribution in [0.3, 0.4) is 0 Å². The number of aromatic nitrogens is 4. The van der Waals surface area contributed by atoms with Crippen LogP contribution in [-0.2, 0) is 33.0 Å². The number of carbonyl (C=O) groups excluding carboxylic acids is 1. The summed E-state index contributed by atoms with van der Waals surface area (Å²) in [6.45, 7) is 3.62. The van der Waals surface area contributed by atoms with E-state index in [9.17, 15) is 31.1 Å². The number of hydrogen-bond donors (Lipinski definition) is 2. The first-order valence-electron chi connectivity index (χ1n) is 13.6. The number of piperidine rings is 1. The number of likely N-dealkylation sites (tertiary alicyclic amines) is 1. The number of carbonyl (C=O) groups is 3. The molecule has 1 spiro atoms. The van der Waals surface area contributed by atoms with Gasteiger partial charge >= 0.3 is 30.4 Å². The van der Waals surface area contributed by atoms with Gasteiger partial charge < -0.3 is 24.3 Å². The number of methoxy groups -OCH3 is 2. The molecule has 0 atom stereocenters. The number of ether oxygens (including phenoxy) is 2. The van der Waals surface area contributed by atoms with Crippen LogP contribution in [0.5, 0.6) is 5.75 Å². The van der Waals surface area contributed by atoms with Crippen molar-refractivity contribution in [2.45, 2.75) is 43.8 Å². The number of hydrogen-bond acceptors (Lipinski definition) is 9. The second-order valence-corrected chi connectivity index (χ2v) is 10.3. The molecular weight excluding hydrogens is 646 g/mol. The predicted molar refractivity (Wildman–Crippen MR) is 149 cm³/mol. The molecule has 0 radical (unpaired) electrons. The maximum absolute atomic E-state index is 12.5. The van der Waals surface area contributed by atoms with Crippen molar-refractivity contribution in [2.75, 3.05) is 33.9 Å². The smallest absolute Gasteiger partial charge is 0.490 e. The lowest BCUT2D eigenvalue weighted by molar-refractivity contribution is -0.193. The summed E-state index contributed by atoms with van der Waals surface area (Å²) >= 11 is 0. The van der Waals surface area contributed by atoms with Crippen molar-refractivity contribution in [2.24, 2.45) is 0 Å². The van der Waals surface area contributed by atoms with E-state index >= 15 is 0 Å². The van der Waals surface area contributed by atoms with Gasteiger partial charge in [-0.1, -0.05) is 12.1 Å². The van der Waals surface area contributed by atoms with Gasteiger partial charge in [0, 0.05) is 44.1 Å². The molecule has 3 aromatic rings. The van der Waals surface area contributed by atoms with Gasteiger partial charge in [-0.3, -0.25) is 14.8 Å². The average Bonchev–Trinajstić information content (AvgIpc) is 3.47. The number of amides is 1. The van der Waals surface area contributed by atoms with Gasteiger partial charge in [0.25, 0.3) is 0 Å². The van der Waals surface area contributed by atoms with E-state index in [1.165, 1.54) is 12.7 Å². The lowest BCUT2D eigenvalue weighted by Crippen LogP contribution is -2.57. The Balaban J connectivity index is 0.000000360. The van der Waals surface area contributed by atoms with Crippen molar-refractivity contribution in [3.05, 3.63) is 60.2 Å². The van der Waals surface area contributed by atoms with Crippen LogP contribution >= 0.6 is 0 Å². The van der Waals surface area contributed by atoms with Gasteiger partial charge in [-0.15, -0.1) is 10.2 Å². The molecule has 2 aromatic heterocycles. The molecule has 0 aliphatic carbocycles. The lowest BCUT2D eigenvalue weighted by Gasteiger charge is -2.48. The standard InChI is InChI=1S/C24H28N6O3.2C2HF3O2/c1-32-20-7-3-5-18(13-20)15-28-11-8-24(9-12-28)17-29(23(31)33-2)16-21-26-27-22(30(21)24)19-6-4-10-25-14-19;2*3-2(4,5)1(6)7/h3-7,10,13-14H,8-9,11-12,15-17H2,1-2H3;2*(H,6,7). The van der Waals surface area contributed by atoms with Crippen LogP contribution < -0.4 is 4.74 Å². The molecule has 1 amide bonds. The topological polar surface area (TPSA) is 160 Å². The van der Waals surface area contributed by atoms with Crippen molar-refractivity contribution < 1.29 is 60.4 Å². The maximum atomic E-state index is 12.5. The van der Waals surface area contributed by atoms with Crippen molar-refractivity contribution in [3.63, 3.8) is 0 Å². The highest BCUT2D eigenvalue weighted by molar-refractivity contribution is 5.73. The third kappa shape index (κ3) is 9.53. The third-order valence-electron chi connectivity index (χ3n) is 7.19. The van der Waals surface area contributed by atoms with Crippen LogP contribution in [-0.4, -0.2) is 104 Å². The van der Waals surface area contributed by atoms with E-state index in [0.717, 1.165) is 55.4 Å². The highest BCUT2D eigenvalue weighted by Crippen LogP contribution is 2.39. The average molecular weight is 677 g/mol. The van der Waals surface area contributed by atoms with Crippen LogP contribution in [0.15, 0.2) is 48.8 Å². The minimum absolute atomic E-state index is 0.290. The van der Waals surface area contributed by atoms with Crippen molar-refractivity contribution in [1.82, 2.24) is 29.5 Å². The number of halogens is 6. The van der Waals surface area contributed by atoms with Gasteiger partial charge in [-0.25, -0.2) is 14.4 Å². The van der Waals surface area contributed by atoms with Gasteiger partial charge in [0.2, 0.25) is 0 Å². The number of alkyl halides is 6. The van der Waals surface area contributed by atoms with Crippen LogP contribution in [0, 0.1) is 0 Å². The minimum atomic E-state index is -5.08. The molecule has 5 rings (SSSR count). The maximum Gasteiger partial charge on any atom is 0.490 e. The largest absolute Gasteiger partial charge is 0.497 e. The molecule has 1 fully saturated rings. The van der Waals surface area contributed by atoms with Gasteiger partial charge in [0.05, 0.1) is 26.3 Å². The molecule has 256 valence electrons. The van der Waals surface area contributed by atoms with Crippen LogP contribution in [0.25, 0.3) is 11.4 Å². The summed E-state index contributed by atoms with van der Waals surface area (Å²) in [7, 11) is 3.11. The van der Waals surface area contributed by atoms with E-state index < -0.39 is 24.3 Å². The molecule has 13 nitrogen and oxygen atoms in total. The number of benzene rings is 1. The normalized spacial score (nSPS) is 15.7. The number of rotatable bonds is 4. The van der Waals surface area contributed by atoms with Gasteiger partial charge in [0.15, 0.2) is 11.6 Å². The molecule has 1 saturated heterocycles. The fourth-order valence-electron chi connectivity index (χ4n) is 5.05. The molecule has 2 aliphatic rings. The molecule has 47 heavy (non-hydrogen) atoms. The van der Waals surface area contributed by atoms with E-state index in [0.29, 0.717) is 13.1 Å². The zero-order chi connectivity index (χ0) is 35.0. The second kappa shape index (κ2) is 15.1. The number of nitrogens with zero attached hydrogens (tertiary/aromatic N) is 6. The Morgan fingerprint density at radius 3 is 2.06 bits per heavy atom. The third-order valence-corrected chi connectivity index (χ3v) is 7.19. The van der Waals surface area contributed by atoms with Gasteiger partial charge in [-0.2, -0.15) is 26.3 Å². The van der Waals surface area contributed by atoms with E-state index in [-0.39, 0.29) is 11.6 Å². The quantitative estimate of drug-likeness (QED) is 0.382. The van der Waals surface area contributed by atoms with Crippen molar-refractivity contribution >= 4 is 18.0 Å². The van der Waals surface area contributed by atoms with Crippen LogP contribution in [0.4, 0.5) is 31.1 Å². The van der Waals surface area contributed by atoms with Crippen molar-refractivity contribution in [3.8, 4) is 17.1 Å². The van der Waals surface area contributed by atoms with Gasteiger partial charge in [-0.05, 0) is 42.7 Å². The van der Waals surface area contributed by atoms with E-state index in [1.54, 1.807) is 18.2 Å². The first-order chi connectivity index (χ1) is 22.0. The van der Waals surface area contributed by atoms with E-state index in [2.05, 4.69) is 36.8 Å². The van der Waals surface area contributed by atoms with Crippen LogP contribution in [0.1, 0.15) is 24.2 Å². The predicted octanol–water partition coefficient (Wildman–Crippen LogP) is 4.19. The number of aliphatic carboxylic acids is 2. The summed E-state index contributed by atoms with van der Waals surface area (Å²) in [5.41, 5.74) is 1.87. The van der Waals surface area contributed by atoms with Crippen molar-refractivity contribution in [1.29, 1.82) is 0 Å². The Hall–Kier alpha value is -4.94. The summed E-state index contributed by atoms with van der Waals surface area (Å²) in [6, 6.07) is 12.1. The summed E-state index contributed by atoms with van der Waals surface area (Å²) in [5, 5.41) is 23.2. The minimum Gasteiger partial charge on any atom is -0.497 e. The molecule has 0 bridgehead atoms. The first-order valence-corrected chi connectivity index (χ1v) is 13.6. The Morgan fingerprint density at radius 2 is 1.55 bits per heavy atom. The van der Waals surface area contributed by atoms with Crippen LogP contribution in [0.2, 0.25) is 0 Å². The highest BCUT2D eigenvalue weighted by atomic mass is 19.4. The molecule has 2 N–H and O–H groups in total. The lowest BCUT2D eigenvalue weighted by atomic mass is 9.84. The molecule has 4 heterocycles. The number of pyridine rings is 1. The summed E-state index contributed by atoms with van der Waals surface area (Å²) < 4.78 is 76.2. The summed E-state index contributed by atoms with van der Waals surface area (Å²) in [6.07, 6.45) is -5.17. The number of carboxylic acid groups (broad SMARTS) is 2. The Kier molecular flexibility index (Phi) is 11.7. The fourth-order valence-corrected chi connectivity index (χ4v) is 5.05. The zero-order valence-corrected chi connectivity index (χ0v) is 25.0. The molecule has 0 saturated carbocycles. The number of carboxylic acids is 2. The Morgan fingerprint density at radius 1 is 0.936 bits per heavy atom. The summed E-state index contributed by atoms with van der Waals surface area (Å²) in [4.78, 5) is 38.7. The Labute approximate surface area is 263 Å². The van der Waals surface area contributed by atoms with E-state index in [1.807, 2.05) is 30.5 Å². The highest BCUT2D eigenvalue weighted by Gasteiger charge is 2.46. The summed E-state index contributed by atoms with van der Waals surface area (Å²) in [5.74, 6) is -3.05. The van der Waals surface area contributed by atoms with E-state index in [4.69, 9.17) is 29.3 Å². The zero-order valence-electron chi connectivity index (χ0n) is 25.0. The number of fused-ring (bicyclic) bond motifs is 2. The molecule has 2 aliphatic heterocycles. The Bertz CT molecular complexity index is 1500. The molecule has 0 unspecified atom stereocenters. The molecule has 19 heteroatoms. The monoisotopic (exact) mass is 676 g/mol. The first kappa shape index (κ1) is 36.5. The molecular formula is C28H30F6N6O7. The molecule has 1 aromatic carbocycles.